The molecule has 0 aliphatic carbocycles. The third-order valence-corrected chi connectivity index (χ3v) is 3.48. The number of nitrogens with zero attached hydrogens (tertiary/aromatic N) is 2. The second-order valence-electron chi connectivity index (χ2n) is 3.83. The van der Waals surface area contributed by atoms with Gasteiger partial charge in [-0.25, -0.2) is 4.98 Å². The van der Waals surface area contributed by atoms with Crippen molar-refractivity contribution in [2.45, 2.75) is 0 Å². The van der Waals surface area contributed by atoms with Gasteiger partial charge in [0.1, 0.15) is 16.5 Å². The van der Waals surface area contributed by atoms with Crippen LogP contribution in [0.1, 0.15) is 0 Å². The summed E-state index contributed by atoms with van der Waals surface area (Å²) in [5.41, 5.74) is 2.40. The molecule has 2 aromatic heterocycles. The van der Waals surface area contributed by atoms with Gasteiger partial charge in [-0.05, 0) is 24.3 Å². The van der Waals surface area contributed by atoms with Gasteiger partial charge >= 0.3 is 0 Å². The van der Waals surface area contributed by atoms with Crippen LogP contribution >= 0.6 is 34.8 Å². The van der Waals surface area contributed by atoms with Gasteiger partial charge in [0.15, 0.2) is 0 Å². The van der Waals surface area contributed by atoms with E-state index in [-0.39, 0.29) is 0 Å². The van der Waals surface area contributed by atoms with Crippen LogP contribution in [0.5, 0.6) is 0 Å². The number of hydrogen-bond donors (Lipinski definition) is 0. The lowest BCUT2D eigenvalue weighted by molar-refractivity contribution is 1.19. The van der Waals surface area contributed by atoms with Crippen molar-refractivity contribution in [1.29, 1.82) is 0 Å². The SMILES string of the molecule is Clc1ccc(-c2nc3ccc(Cl)cn3c2Cl)cc1. The first kappa shape index (κ1) is 11.8. The zero-order valence-corrected chi connectivity index (χ0v) is 11.3. The summed E-state index contributed by atoms with van der Waals surface area (Å²) < 4.78 is 1.76. The topological polar surface area (TPSA) is 17.3 Å². The number of aromatic nitrogens is 2. The standard InChI is InChI=1S/C13H7Cl3N2/c14-9-3-1-8(2-4-9)12-13(16)18-7-10(15)5-6-11(18)17-12/h1-7H. The minimum absolute atomic E-state index is 0.537. The molecule has 0 saturated heterocycles. The summed E-state index contributed by atoms with van der Waals surface area (Å²) in [6, 6.07) is 11.0. The van der Waals surface area contributed by atoms with Gasteiger partial charge in [-0.2, -0.15) is 0 Å². The third-order valence-electron chi connectivity index (χ3n) is 2.64. The maximum Gasteiger partial charge on any atom is 0.141 e. The molecule has 0 aliphatic heterocycles. The molecular formula is C13H7Cl3N2. The van der Waals surface area contributed by atoms with E-state index in [0.29, 0.717) is 15.2 Å². The smallest absolute Gasteiger partial charge is 0.141 e. The number of fused-ring (bicyclic) bond motifs is 1. The van der Waals surface area contributed by atoms with Crippen LogP contribution in [0.25, 0.3) is 16.9 Å². The number of halogens is 3. The first-order chi connectivity index (χ1) is 8.65. The van der Waals surface area contributed by atoms with Gasteiger partial charge in [0.2, 0.25) is 0 Å². The Morgan fingerprint density at radius 2 is 1.50 bits per heavy atom. The van der Waals surface area contributed by atoms with E-state index in [0.717, 1.165) is 16.9 Å². The molecule has 3 aromatic rings. The molecule has 3 rings (SSSR count). The normalized spacial score (nSPS) is 11.1. The fourth-order valence-electron chi connectivity index (χ4n) is 1.78. The van der Waals surface area contributed by atoms with Crippen LogP contribution in [0.3, 0.4) is 0 Å². The second-order valence-corrected chi connectivity index (χ2v) is 5.06. The maximum atomic E-state index is 6.31. The van der Waals surface area contributed by atoms with Gasteiger partial charge in [-0.15, -0.1) is 0 Å². The van der Waals surface area contributed by atoms with E-state index < -0.39 is 0 Å². The van der Waals surface area contributed by atoms with Crippen LogP contribution in [0.4, 0.5) is 0 Å². The minimum atomic E-state index is 0.537. The van der Waals surface area contributed by atoms with Gasteiger partial charge in [0, 0.05) is 16.8 Å². The number of imidazole rings is 1. The molecule has 0 saturated carbocycles. The quantitative estimate of drug-likeness (QED) is 0.620. The summed E-state index contributed by atoms with van der Waals surface area (Å²) in [6.07, 6.45) is 1.74. The molecule has 0 fully saturated rings. The summed E-state index contributed by atoms with van der Waals surface area (Å²) in [5.74, 6) is 0. The summed E-state index contributed by atoms with van der Waals surface area (Å²) in [5, 5.41) is 1.83. The monoisotopic (exact) mass is 296 g/mol. The van der Waals surface area contributed by atoms with E-state index >= 15 is 0 Å². The Bertz CT molecular complexity index is 717. The van der Waals surface area contributed by atoms with Crippen molar-refractivity contribution in [3.63, 3.8) is 0 Å². The average molecular weight is 298 g/mol. The van der Waals surface area contributed by atoms with Crippen LogP contribution in [-0.4, -0.2) is 9.38 Å². The lowest BCUT2D eigenvalue weighted by Gasteiger charge is -1.98. The fourth-order valence-corrected chi connectivity index (χ4v) is 2.35. The number of benzene rings is 1. The van der Waals surface area contributed by atoms with Crippen molar-refractivity contribution in [2.24, 2.45) is 0 Å². The van der Waals surface area contributed by atoms with E-state index in [4.69, 9.17) is 34.8 Å². The van der Waals surface area contributed by atoms with E-state index in [2.05, 4.69) is 4.98 Å². The van der Waals surface area contributed by atoms with Crippen LogP contribution in [0.15, 0.2) is 42.6 Å². The van der Waals surface area contributed by atoms with Gasteiger partial charge in [0.05, 0.1) is 5.02 Å². The molecule has 18 heavy (non-hydrogen) atoms. The van der Waals surface area contributed by atoms with E-state index in [1.807, 2.05) is 30.3 Å². The fraction of sp³-hybridized carbons (Fsp3) is 0. The summed E-state index contributed by atoms with van der Waals surface area (Å²) >= 11 is 18.1. The van der Waals surface area contributed by atoms with Crippen molar-refractivity contribution in [1.82, 2.24) is 9.38 Å². The zero-order chi connectivity index (χ0) is 12.7. The Morgan fingerprint density at radius 1 is 0.833 bits per heavy atom. The lowest BCUT2D eigenvalue weighted by Crippen LogP contribution is -1.83. The highest BCUT2D eigenvalue weighted by atomic mass is 35.5. The molecule has 5 heteroatoms. The third kappa shape index (κ3) is 1.97. The Hall–Kier alpha value is -1.22. The molecule has 0 radical (unpaired) electrons. The van der Waals surface area contributed by atoms with E-state index in [1.54, 1.807) is 16.7 Å². The van der Waals surface area contributed by atoms with Gasteiger partial charge in [-0.3, -0.25) is 4.40 Å². The second kappa shape index (κ2) is 4.47. The highest BCUT2D eigenvalue weighted by Crippen LogP contribution is 2.29. The number of pyridine rings is 1. The minimum Gasteiger partial charge on any atom is -0.288 e. The molecule has 90 valence electrons. The predicted octanol–water partition coefficient (Wildman–Crippen LogP) is 4.96. The summed E-state index contributed by atoms with van der Waals surface area (Å²) in [7, 11) is 0. The van der Waals surface area contributed by atoms with E-state index in [1.165, 1.54) is 0 Å². The Morgan fingerprint density at radius 3 is 2.22 bits per heavy atom. The maximum absolute atomic E-state index is 6.31. The Kier molecular flexibility index (Phi) is 2.94. The molecule has 0 unspecified atom stereocenters. The summed E-state index contributed by atoms with van der Waals surface area (Å²) in [4.78, 5) is 4.48. The molecule has 2 nitrogen and oxygen atoms in total. The molecule has 0 bridgehead atoms. The van der Waals surface area contributed by atoms with Crippen LogP contribution in [0, 0.1) is 0 Å². The zero-order valence-electron chi connectivity index (χ0n) is 9.07. The van der Waals surface area contributed by atoms with Crippen molar-refractivity contribution in [3.8, 4) is 11.3 Å². The predicted molar refractivity (Wildman–Crippen MR) is 75.7 cm³/mol. The van der Waals surface area contributed by atoms with Crippen molar-refractivity contribution in [2.75, 3.05) is 0 Å². The van der Waals surface area contributed by atoms with Crippen molar-refractivity contribution < 1.29 is 0 Å². The van der Waals surface area contributed by atoms with Crippen LogP contribution < -0.4 is 0 Å². The van der Waals surface area contributed by atoms with Crippen molar-refractivity contribution in [3.05, 3.63) is 57.8 Å². The van der Waals surface area contributed by atoms with Crippen molar-refractivity contribution >= 4 is 40.4 Å². The highest BCUT2D eigenvalue weighted by Gasteiger charge is 2.12. The van der Waals surface area contributed by atoms with E-state index in [9.17, 15) is 0 Å². The Balaban J connectivity index is 2.23. The van der Waals surface area contributed by atoms with Crippen LogP contribution in [-0.2, 0) is 0 Å². The van der Waals surface area contributed by atoms with Gasteiger partial charge in [-0.1, -0.05) is 46.9 Å². The lowest BCUT2D eigenvalue weighted by atomic mass is 10.2. The van der Waals surface area contributed by atoms with Gasteiger partial charge < -0.3 is 0 Å². The van der Waals surface area contributed by atoms with Crippen LogP contribution in [0.2, 0.25) is 15.2 Å². The largest absolute Gasteiger partial charge is 0.288 e. The first-order valence-electron chi connectivity index (χ1n) is 5.24. The first-order valence-corrected chi connectivity index (χ1v) is 6.37. The molecule has 0 amide bonds. The Labute approximate surface area is 119 Å². The molecule has 0 atom stereocenters. The number of hydrogen-bond acceptors (Lipinski definition) is 1. The molecule has 0 aliphatic rings. The van der Waals surface area contributed by atoms with Gasteiger partial charge in [0.25, 0.3) is 0 Å². The molecule has 0 spiro atoms. The molecular weight excluding hydrogens is 291 g/mol. The molecule has 1 aromatic carbocycles. The molecule has 2 heterocycles. The summed E-state index contributed by atoms with van der Waals surface area (Å²) in [6.45, 7) is 0. The average Bonchev–Trinajstić information content (AvgIpc) is 2.68. The highest BCUT2D eigenvalue weighted by molar-refractivity contribution is 6.33. The molecule has 0 N–H and O–H groups in total. The number of rotatable bonds is 1.